The largest absolute Gasteiger partial charge is 0.385 e. The Kier molecular flexibility index (Phi) is 3.73. The fourth-order valence-electron chi connectivity index (χ4n) is 1.35. The second-order valence-corrected chi connectivity index (χ2v) is 4.38. The predicted octanol–water partition coefficient (Wildman–Crippen LogP) is 2.05. The van der Waals surface area contributed by atoms with Gasteiger partial charge in [0.25, 0.3) is 6.43 Å². The van der Waals surface area contributed by atoms with Gasteiger partial charge in [-0.2, -0.15) is 0 Å². The Morgan fingerprint density at radius 1 is 1.47 bits per heavy atom. The molecule has 94 valence electrons. The normalized spacial score (nSPS) is 17.2. The molecule has 0 spiro atoms. The van der Waals surface area contributed by atoms with Gasteiger partial charge in [0.2, 0.25) is 0 Å². The third-order valence-electron chi connectivity index (χ3n) is 2.44. The molecular weight excluding hydrogens is 252 g/mol. The summed E-state index contributed by atoms with van der Waals surface area (Å²) in [6, 6.07) is 1.45. The van der Waals surface area contributed by atoms with Crippen LogP contribution in [0.2, 0.25) is 5.15 Å². The number of aromatic nitrogens is 2. The van der Waals surface area contributed by atoms with Crippen LogP contribution in [-0.2, 0) is 0 Å². The molecule has 7 heteroatoms. The number of rotatable bonds is 5. The van der Waals surface area contributed by atoms with E-state index in [1.165, 1.54) is 6.07 Å². The van der Waals surface area contributed by atoms with Crippen LogP contribution in [0.5, 0.6) is 0 Å². The minimum absolute atomic E-state index is 0.269. The van der Waals surface area contributed by atoms with Gasteiger partial charge in [0.1, 0.15) is 22.9 Å². The lowest BCUT2D eigenvalue weighted by Crippen LogP contribution is -2.27. The fraction of sp³-hybridized carbons (Fsp3) is 0.600. The van der Waals surface area contributed by atoms with Gasteiger partial charge in [0.05, 0.1) is 0 Å². The Labute approximate surface area is 102 Å². The number of hydrogen-bond acceptors (Lipinski definition) is 4. The van der Waals surface area contributed by atoms with Crippen molar-refractivity contribution in [2.75, 3.05) is 11.9 Å². The Bertz CT molecular complexity index is 401. The lowest BCUT2D eigenvalue weighted by molar-refractivity contribution is 0.00380. The van der Waals surface area contributed by atoms with Gasteiger partial charge < -0.3 is 10.4 Å². The molecule has 0 aromatic carbocycles. The summed E-state index contributed by atoms with van der Waals surface area (Å²) in [4.78, 5) is 8.23. The van der Waals surface area contributed by atoms with Crippen molar-refractivity contribution in [2.45, 2.75) is 31.3 Å². The van der Waals surface area contributed by atoms with Crippen LogP contribution in [0, 0.1) is 0 Å². The topological polar surface area (TPSA) is 58.0 Å². The number of aliphatic hydroxyl groups excluding tert-OH is 1. The van der Waals surface area contributed by atoms with Crippen molar-refractivity contribution < 1.29 is 13.9 Å². The second kappa shape index (κ2) is 5.10. The monoisotopic (exact) mass is 263 g/mol. The minimum atomic E-state index is -2.78. The van der Waals surface area contributed by atoms with Crippen molar-refractivity contribution >= 4 is 17.4 Å². The van der Waals surface area contributed by atoms with Gasteiger partial charge in [0, 0.05) is 18.5 Å². The third-order valence-corrected chi connectivity index (χ3v) is 2.63. The highest BCUT2D eigenvalue weighted by Gasteiger charge is 2.27. The van der Waals surface area contributed by atoms with E-state index < -0.39 is 12.5 Å². The van der Waals surface area contributed by atoms with Gasteiger partial charge in [0.15, 0.2) is 0 Å². The average Bonchev–Trinajstić information content (AvgIpc) is 3.08. The van der Waals surface area contributed by atoms with Gasteiger partial charge in [-0.3, -0.25) is 0 Å². The Morgan fingerprint density at radius 3 is 2.76 bits per heavy atom. The summed E-state index contributed by atoms with van der Waals surface area (Å²) in [5.74, 6) is 1.33. The van der Waals surface area contributed by atoms with Crippen molar-refractivity contribution in [3.63, 3.8) is 0 Å². The molecule has 1 heterocycles. The molecule has 1 aliphatic rings. The minimum Gasteiger partial charge on any atom is -0.385 e. The molecular formula is C10H12ClF2N3O. The average molecular weight is 264 g/mol. The van der Waals surface area contributed by atoms with Gasteiger partial charge in [-0.25, -0.2) is 18.7 Å². The van der Waals surface area contributed by atoms with E-state index in [1.54, 1.807) is 0 Å². The number of anilines is 1. The molecule has 1 atom stereocenters. The summed E-state index contributed by atoms with van der Waals surface area (Å²) in [5.41, 5.74) is 0. The molecule has 2 rings (SSSR count). The summed E-state index contributed by atoms with van der Waals surface area (Å²) in [6.07, 6.45) is -2.44. The van der Waals surface area contributed by atoms with E-state index in [1.807, 2.05) is 0 Å². The molecule has 1 unspecified atom stereocenters. The van der Waals surface area contributed by atoms with Crippen molar-refractivity contribution in [1.29, 1.82) is 0 Å². The van der Waals surface area contributed by atoms with Crippen LogP contribution in [0.3, 0.4) is 0 Å². The van der Waals surface area contributed by atoms with Gasteiger partial charge in [-0.1, -0.05) is 11.6 Å². The summed E-state index contributed by atoms with van der Waals surface area (Å²) < 4.78 is 24.2. The molecule has 17 heavy (non-hydrogen) atoms. The van der Waals surface area contributed by atoms with Crippen molar-refractivity contribution in [1.82, 2.24) is 9.97 Å². The second-order valence-electron chi connectivity index (χ2n) is 3.99. The SMILES string of the molecule is OC(CNc1cc(Cl)nc(C2CC2)n1)C(F)F. The first-order valence-electron chi connectivity index (χ1n) is 5.31. The molecule has 0 amide bonds. The Balaban J connectivity index is 2.00. The first-order chi connectivity index (χ1) is 8.06. The zero-order valence-corrected chi connectivity index (χ0v) is 9.66. The maximum absolute atomic E-state index is 12.1. The molecule has 1 fully saturated rings. The number of alkyl halides is 2. The number of hydrogen-bond donors (Lipinski definition) is 2. The summed E-state index contributed by atoms with van der Waals surface area (Å²) >= 11 is 5.80. The highest BCUT2D eigenvalue weighted by Crippen LogP contribution is 2.38. The fourth-order valence-corrected chi connectivity index (χ4v) is 1.54. The summed E-state index contributed by atoms with van der Waals surface area (Å²) in [7, 11) is 0. The van der Waals surface area contributed by atoms with Crippen LogP contribution >= 0.6 is 11.6 Å². The lowest BCUT2D eigenvalue weighted by atomic mass is 10.3. The van der Waals surface area contributed by atoms with E-state index >= 15 is 0 Å². The van der Waals surface area contributed by atoms with Gasteiger partial charge in [-0.05, 0) is 12.8 Å². The van der Waals surface area contributed by atoms with Crippen molar-refractivity contribution in [3.8, 4) is 0 Å². The van der Waals surface area contributed by atoms with E-state index in [2.05, 4.69) is 15.3 Å². The highest BCUT2D eigenvalue weighted by molar-refractivity contribution is 6.29. The molecule has 0 aliphatic heterocycles. The lowest BCUT2D eigenvalue weighted by Gasteiger charge is -2.11. The number of aliphatic hydroxyl groups is 1. The first kappa shape index (κ1) is 12.4. The maximum atomic E-state index is 12.1. The Morgan fingerprint density at radius 2 is 2.18 bits per heavy atom. The maximum Gasteiger partial charge on any atom is 0.265 e. The standard InChI is InChI=1S/C10H12ClF2N3O/c11-7-3-8(14-4-6(17)9(12)13)16-10(15-7)5-1-2-5/h3,5-6,9,17H,1-2,4H2,(H,14,15,16). The molecule has 0 saturated heterocycles. The summed E-state index contributed by atoms with van der Waals surface area (Å²) in [6.45, 7) is -0.269. The first-order valence-corrected chi connectivity index (χ1v) is 5.68. The number of nitrogens with one attached hydrogen (secondary N) is 1. The van der Waals surface area contributed by atoms with Crippen LogP contribution in [0.1, 0.15) is 24.6 Å². The third kappa shape index (κ3) is 3.47. The predicted molar refractivity (Wildman–Crippen MR) is 59.5 cm³/mol. The molecule has 1 aromatic heterocycles. The molecule has 0 radical (unpaired) electrons. The Hall–Kier alpha value is -1.01. The van der Waals surface area contributed by atoms with Crippen LogP contribution in [0.25, 0.3) is 0 Å². The van der Waals surface area contributed by atoms with Crippen LogP contribution in [-0.4, -0.2) is 34.1 Å². The van der Waals surface area contributed by atoms with Crippen LogP contribution in [0.4, 0.5) is 14.6 Å². The summed E-state index contributed by atoms with van der Waals surface area (Å²) in [5, 5.41) is 11.9. The van der Waals surface area contributed by atoms with E-state index in [9.17, 15) is 8.78 Å². The zero-order chi connectivity index (χ0) is 12.4. The molecule has 1 aliphatic carbocycles. The number of halogens is 3. The van der Waals surface area contributed by atoms with E-state index in [0.29, 0.717) is 17.6 Å². The quantitative estimate of drug-likeness (QED) is 0.799. The van der Waals surface area contributed by atoms with Crippen LogP contribution < -0.4 is 5.32 Å². The van der Waals surface area contributed by atoms with E-state index in [0.717, 1.165) is 12.8 Å². The molecule has 0 bridgehead atoms. The smallest absolute Gasteiger partial charge is 0.265 e. The van der Waals surface area contributed by atoms with Gasteiger partial charge >= 0.3 is 0 Å². The zero-order valence-electron chi connectivity index (χ0n) is 8.91. The highest BCUT2D eigenvalue weighted by atomic mass is 35.5. The molecule has 1 saturated carbocycles. The van der Waals surface area contributed by atoms with E-state index in [-0.39, 0.29) is 11.7 Å². The van der Waals surface area contributed by atoms with E-state index in [4.69, 9.17) is 16.7 Å². The molecule has 2 N–H and O–H groups in total. The van der Waals surface area contributed by atoms with Crippen molar-refractivity contribution in [3.05, 3.63) is 17.0 Å². The van der Waals surface area contributed by atoms with Crippen molar-refractivity contribution in [2.24, 2.45) is 0 Å². The van der Waals surface area contributed by atoms with Gasteiger partial charge in [-0.15, -0.1) is 0 Å². The van der Waals surface area contributed by atoms with Crippen LogP contribution in [0.15, 0.2) is 6.07 Å². The number of nitrogens with zero attached hydrogens (tertiary/aromatic N) is 2. The molecule has 4 nitrogen and oxygen atoms in total. The molecule has 1 aromatic rings.